The van der Waals surface area contributed by atoms with E-state index in [4.69, 9.17) is 0 Å². The molecule has 106 valence electrons. The molecule has 0 aliphatic rings. The van der Waals surface area contributed by atoms with E-state index in [1.165, 1.54) is 13.0 Å². The van der Waals surface area contributed by atoms with Gasteiger partial charge in [0, 0.05) is 0 Å². The van der Waals surface area contributed by atoms with E-state index in [1.807, 2.05) is 0 Å². The monoisotopic (exact) mass is 353 g/mol. The molecule has 8 heteroatoms. The van der Waals surface area contributed by atoms with E-state index in [2.05, 4.69) is 25.4 Å². The maximum atomic E-state index is 13.4. The molecule has 5 nitrogen and oxygen atoms in total. The van der Waals surface area contributed by atoms with Crippen molar-refractivity contribution in [3.63, 3.8) is 0 Å². The van der Waals surface area contributed by atoms with Gasteiger partial charge >= 0.3 is 5.97 Å². The van der Waals surface area contributed by atoms with Crippen molar-refractivity contribution >= 4 is 37.6 Å². The number of anilines is 1. The van der Waals surface area contributed by atoms with Crippen molar-refractivity contribution in [2.45, 2.75) is 19.1 Å². The van der Waals surface area contributed by atoms with Crippen LogP contribution >= 0.6 is 15.9 Å². The van der Waals surface area contributed by atoms with Gasteiger partial charge in [-0.2, -0.15) is 0 Å². The summed E-state index contributed by atoms with van der Waals surface area (Å²) in [4.78, 5) is 11.2. The molecular weight excluding hydrogens is 341 g/mol. The molecule has 1 aromatic carbocycles. The van der Waals surface area contributed by atoms with E-state index in [0.717, 1.165) is 13.2 Å². The highest BCUT2D eigenvalue weighted by Crippen LogP contribution is 2.25. The third kappa shape index (κ3) is 3.66. The van der Waals surface area contributed by atoms with E-state index < -0.39 is 27.1 Å². The Bertz CT molecular complexity index is 603. The van der Waals surface area contributed by atoms with Crippen LogP contribution in [-0.2, 0) is 19.6 Å². The number of hydrogen-bond donors (Lipinski definition) is 1. The van der Waals surface area contributed by atoms with Crippen LogP contribution in [0.1, 0.15) is 12.5 Å². The van der Waals surface area contributed by atoms with Gasteiger partial charge in [0.05, 0.1) is 17.3 Å². The normalized spacial score (nSPS) is 12.9. The fourth-order valence-corrected chi connectivity index (χ4v) is 2.80. The van der Waals surface area contributed by atoms with E-state index in [1.54, 1.807) is 6.92 Å². The Morgan fingerprint density at radius 3 is 2.58 bits per heavy atom. The van der Waals surface area contributed by atoms with E-state index in [0.29, 0.717) is 5.56 Å². The number of sulfonamides is 1. The lowest BCUT2D eigenvalue weighted by Gasteiger charge is -2.15. The van der Waals surface area contributed by atoms with E-state index >= 15 is 0 Å². The smallest absolute Gasteiger partial charge is 0.325 e. The van der Waals surface area contributed by atoms with Crippen molar-refractivity contribution in [2.75, 3.05) is 11.8 Å². The van der Waals surface area contributed by atoms with Gasteiger partial charge < -0.3 is 4.74 Å². The van der Waals surface area contributed by atoms with Crippen LogP contribution in [0.25, 0.3) is 0 Å². The first-order valence-electron chi connectivity index (χ1n) is 5.24. The zero-order chi connectivity index (χ0) is 14.8. The predicted molar refractivity (Wildman–Crippen MR) is 72.9 cm³/mol. The van der Waals surface area contributed by atoms with Crippen LogP contribution < -0.4 is 4.72 Å². The van der Waals surface area contributed by atoms with Crippen molar-refractivity contribution in [1.29, 1.82) is 0 Å². The van der Waals surface area contributed by atoms with Crippen LogP contribution in [0.2, 0.25) is 0 Å². The molecule has 0 spiro atoms. The van der Waals surface area contributed by atoms with Crippen molar-refractivity contribution in [3.8, 4) is 0 Å². The summed E-state index contributed by atoms with van der Waals surface area (Å²) in [5.41, 5.74) is 0.602. The minimum Gasteiger partial charge on any atom is -0.468 e. The third-order valence-electron chi connectivity index (χ3n) is 2.52. The van der Waals surface area contributed by atoms with Crippen molar-refractivity contribution in [1.82, 2.24) is 0 Å². The number of esters is 1. The summed E-state index contributed by atoms with van der Waals surface area (Å²) in [6.07, 6.45) is 0. The van der Waals surface area contributed by atoms with Gasteiger partial charge in [-0.3, -0.25) is 9.52 Å². The van der Waals surface area contributed by atoms with Crippen LogP contribution in [0.5, 0.6) is 0 Å². The average molecular weight is 354 g/mol. The molecule has 0 fully saturated rings. The predicted octanol–water partition coefficient (Wildman–Crippen LogP) is 2.20. The highest BCUT2D eigenvalue weighted by Gasteiger charge is 2.29. The fourth-order valence-electron chi connectivity index (χ4n) is 1.29. The van der Waals surface area contributed by atoms with Crippen LogP contribution in [0.4, 0.5) is 10.1 Å². The number of nitrogens with one attached hydrogen (secondary N) is 1. The molecule has 0 bridgehead atoms. The number of carbonyl (C=O) groups excluding carboxylic acids is 1. The summed E-state index contributed by atoms with van der Waals surface area (Å²) in [7, 11) is -2.89. The van der Waals surface area contributed by atoms with Gasteiger partial charge in [0.25, 0.3) is 0 Å². The molecule has 1 atom stereocenters. The molecule has 1 unspecified atom stereocenters. The lowest BCUT2D eigenvalue weighted by atomic mass is 10.2. The first kappa shape index (κ1) is 15.9. The molecule has 0 amide bonds. The van der Waals surface area contributed by atoms with E-state index in [9.17, 15) is 17.6 Å². The average Bonchev–Trinajstić information content (AvgIpc) is 2.33. The number of halogens is 2. The van der Waals surface area contributed by atoms with Crippen LogP contribution in [0.15, 0.2) is 16.6 Å². The first-order valence-corrected chi connectivity index (χ1v) is 7.58. The Hall–Kier alpha value is -1.15. The van der Waals surface area contributed by atoms with Gasteiger partial charge in [-0.25, -0.2) is 12.8 Å². The summed E-state index contributed by atoms with van der Waals surface area (Å²) >= 11 is 3.00. The van der Waals surface area contributed by atoms with Gasteiger partial charge in [0.2, 0.25) is 10.0 Å². The number of hydrogen-bond acceptors (Lipinski definition) is 4. The second kappa shape index (κ2) is 5.87. The number of benzene rings is 1. The van der Waals surface area contributed by atoms with Crippen LogP contribution in [0, 0.1) is 12.7 Å². The molecule has 1 aromatic rings. The fraction of sp³-hybridized carbons (Fsp3) is 0.364. The van der Waals surface area contributed by atoms with Gasteiger partial charge in [0.1, 0.15) is 5.82 Å². The number of aryl methyl sites for hydroxylation is 1. The number of rotatable bonds is 4. The molecule has 0 saturated heterocycles. The third-order valence-corrected chi connectivity index (χ3v) is 4.75. The molecule has 0 heterocycles. The second-order valence-corrected chi connectivity index (χ2v) is 6.75. The lowest BCUT2D eigenvalue weighted by Crippen LogP contribution is -2.33. The topological polar surface area (TPSA) is 72.5 Å². The summed E-state index contributed by atoms with van der Waals surface area (Å²) in [5, 5.41) is -1.39. The molecule has 0 radical (unpaired) electrons. The second-order valence-electron chi connectivity index (χ2n) is 3.89. The van der Waals surface area contributed by atoms with Gasteiger partial charge in [-0.15, -0.1) is 0 Å². The highest BCUT2D eigenvalue weighted by molar-refractivity contribution is 9.10. The minimum atomic E-state index is -3.98. The molecule has 19 heavy (non-hydrogen) atoms. The maximum absolute atomic E-state index is 13.4. The molecule has 0 saturated carbocycles. The molecule has 0 aromatic heterocycles. The molecule has 0 aliphatic carbocycles. The van der Waals surface area contributed by atoms with Crippen LogP contribution in [-0.4, -0.2) is 26.7 Å². The summed E-state index contributed by atoms with van der Waals surface area (Å²) in [5.74, 6) is -1.49. The van der Waals surface area contributed by atoms with Gasteiger partial charge in [-0.05, 0) is 47.5 Å². The minimum absolute atomic E-state index is 0.0800. The zero-order valence-electron chi connectivity index (χ0n) is 10.5. The lowest BCUT2D eigenvalue weighted by molar-refractivity contribution is -0.139. The Labute approximate surface area is 119 Å². The Kier molecular flexibility index (Phi) is 4.92. The maximum Gasteiger partial charge on any atom is 0.325 e. The highest BCUT2D eigenvalue weighted by atomic mass is 79.9. The Morgan fingerprint density at radius 1 is 1.47 bits per heavy atom. The summed E-state index contributed by atoms with van der Waals surface area (Å²) in [6, 6.07) is 2.48. The summed E-state index contributed by atoms with van der Waals surface area (Å²) in [6.45, 7) is 2.81. The molecule has 1 rings (SSSR count). The van der Waals surface area contributed by atoms with Crippen molar-refractivity contribution in [2.24, 2.45) is 0 Å². The number of methoxy groups -OCH3 is 1. The number of carbonyl (C=O) groups is 1. The van der Waals surface area contributed by atoms with Gasteiger partial charge in [0.15, 0.2) is 5.25 Å². The Balaban J connectivity index is 3.09. The quantitative estimate of drug-likeness (QED) is 0.842. The molecule has 0 aliphatic heterocycles. The van der Waals surface area contributed by atoms with Crippen molar-refractivity contribution in [3.05, 3.63) is 28.0 Å². The summed E-state index contributed by atoms with van der Waals surface area (Å²) < 4.78 is 44.0. The number of ether oxygens (including phenoxy) is 1. The standard InChI is InChI=1S/C11H13BrFNO4S/c1-6-4-8(12)9(13)5-10(6)14-19(16,17)7(2)11(15)18-3/h4-5,7,14H,1-3H3. The van der Waals surface area contributed by atoms with Crippen LogP contribution in [0.3, 0.4) is 0 Å². The largest absolute Gasteiger partial charge is 0.468 e. The van der Waals surface area contributed by atoms with E-state index in [-0.39, 0.29) is 10.2 Å². The Morgan fingerprint density at radius 2 is 2.05 bits per heavy atom. The zero-order valence-corrected chi connectivity index (χ0v) is 12.9. The SMILES string of the molecule is COC(=O)C(C)S(=O)(=O)Nc1cc(F)c(Br)cc1C. The molecular formula is C11H13BrFNO4S. The first-order chi connectivity index (χ1) is 8.69. The molecule has 1 N–H and O–H groups in total. The van der Waals surface area contributed by atoms with Gasteiger partial charge in [-0.1, -0.05) is 0 Å². The van der Waals surface area contributed by atoms with Crippen molar-refractivity contribution < 1.29 is 22.3 Å².